The summed E-state index contributed by atoms with van der Waals surface area (Å²) in [5.74, 6) is 0.0255. The molecule has 1 heterocycles. The number of Topliss-reactive ketones (excluding diaryl/α,β-unsaturated/α-hetero) is 1. The van der Waals surface area contributed by atoms with E-state index in [4.69, 9.17) is 0 Å². The normalized spacial score (nSPS) is 14.6. The Morgan fingerprint density at radius 3 is 2.67 bits per heavy atom. The van der Waals surface area contributed by atoms with Crippen LogP contribution in [0.15, 0.2) is 36.5 Å². The maximum atomic E-state index is 12.8. The summed E-state index contributed by atoms with van der Waals surface area (Å²) in [7, 11) is 0. The summed E-state index contributed by atoms with van der Waals surface area (Å²) in [6, 6.07) is 8.41. The minimum absolute atomic E-state index is 0.219. The average molecular weight is 243 g/mol. The smallest absolute Gasteiger partial charge is 0.164 e. The Morgan fingerprint density at radius 2 is 1.89 bits per heavy atom. The molecule has 0 bridgehead atoms. The molecule has 2 aromatic rings. The summed E-state index contributed by atoms with van der Waals surface area (Å²) in [6.45, 7) is 0.697. The monoisotopic (exact) mass is 243 g/mol. The number of aromatic nitrogens is 1. The Bertz CT molecular complexity index is 583. The fraction of sp³-hybridized carbons (Fsp3) is 0.267. The number of carbonyl (C=O) groups is 1. The lowest BCUT2D eigenvalue weighted by atomic mass is 9.97. The molecular formula is C15H14FNO. The highest BCUT2D eigenvalue weighted by atomic mass is 19.1. The molecule has 3 rings (SSSR count). The van der Waals surface area contributed by atoms with Gasteiger partial charge in [0.1, 0.15) is 5.82 Å². The third kappa shape index (κ3) is 1.96. The van der Waals surface area contributed by atoms with Gasteiger partial charge in [-0.25, -0.2) is 4.39 Å². The van der Waals surface area contributed by atoms with Crippen molar-refractivity contribution in [1.29, 1.82) is 0 Å². The van der Waals surface area contributed by atoms with E-state index in [2.05, 4.69) is 4.57 Å². The second kappa shape index (κ2) is 4.41. The lowest BCUT2D eigenvalue weighted by Gasteiger charge is -2.15. The maximum absolute atomic E-state index is 12.8. The number of halogens is 1. The van der Waals surface area contributed by atoms with E-state index in [0.717, 1.165) is 29.7 Å². The Balaban J connectivity index is 1.89. The molecular weight excluding hydrogens is 229 g/mol. The Morgan fingerprint density at radius 1 is 1.11 bits per heavy atom. The number of benzene rings is 1. The van der Waals surface area contributed by atoms with Gasteiger partial charge in [-0.15, -0.1) is 0 Å². The Labute approximate surface area is 105 Å². The van der Waals surface area contributed by atoms with E-state index in [0.29, 0.717) is 13.0 Å². The van der Waals surface area contributed by atoms with Gasteiger partial charge in [0.05, 0.1) is 0 Å². The predicted octanol–water partition coefficient (Wildman–Crippen LogP) is 3.19. The summed E-state index contributed by atoms with van der Waals surface area (Å²) in [6.07, 6.45) is 4.50. The number of fused-ring (bicyclic) bond motifs is 1. The minimum atomic E-state index is -0.219. The van der Waals surface area contributed by atoms with Crippen LogP contribution in [0.25, 0.3) is 0 Å². The summed E-state index contributed by atoms with van der Waals surface area (Å²) in [5.41, 5.74) is 3.03. The van der Waals surface area contributed by atoms with E-state index < -0.39 is 0 Å². The van der Waals surface area contributed by atoms with Gasteiger partial charge in [-0.2, -0.15) is 0 Å². The second-order valence-electron chi connectivity index (χ2n) is 4.71. The lowest BCUT2D eigenvalue weighted by molar-refractivity contribution is 0.0972. The van der Waals surface area contributed by atoms with Crippen LogP contribution in [-0.4, -0.2) is 10.4 Å². The first kappa shape index (κ1) is 11.2. The molecule has 0 saturated carbocycles. The Kier molecular flexibility index (Phi) is 2.74. The van der Waals surface area contributed by atoms with Crippen LogP contribution in [0.3, 0.4) is 0 Å². The molecule has 92 valence electrons. The molecule has 2 nitrogen and oxygen atoms in total. The first-order valence-electron chi connectivity index (χ1n) is 6.20. The molecule has 0 radical (unpaired) electrons. The zero-order valence-electron chi connectivity index (χ0n) is 10.0. The van der Waals surface area contributed by atoms with Crippen molar-refractivity contribution in [3.8, 4) is 0 Å². The van der Waals surface area contributed by atoms with Gasteiger partial charge in [-0.1, -0.05) is 12.1 Å². The zero-order valence-corrected chi connectivity index (χ0v) is 10.0. The number of ketones is 1. The zero-order chi connectivity index (χ0) is 12.5. The third-order valence-electron chi connectivity index (χ3n) is 3.46. The molecule has 0 spiro atoms. The standard InChI is InChI=1S/C15H14FNO/c16-12-6-4-11(5-7-12)10-17-9-8-13-14(17)2-1-3-15(13)18/h4-9H,1-3,10H2. The lowest BCUT2D eigenvalue weighted by Crippen LogP contribution is -2.13. The highest BCUT2D eigenvalue weighted by Gasteiger charge is 2.20. The van der Waals surface area contributed by atoms with Gasteiger partial charge in [0, 0.05) is 30.4 Å². The van der Waals surface area contributed by atoms with Crippen LogP contribution in [-0.2, 0) is 13.0 Å². The third-order valence-corrected chi connectivity index (χ3v) is 3.46. The molecule has 0 N–H and O–H groups in total. The van der Waals surface area contributed by atoms with Gasteiger partial charge in [0.2, 0.25) is 0 Å². The van der Waals surface area contributed by atoms with Crippen molar-refractivity contribution in [3.05, 3.63) is 59.2 Å². The van der Waals surface area contributed by atoms with Gasteiger partial charge in [0.15, 0.2) is 5.78 Å². The second-order valence-corrected chi connectivity index (χ2v) is 4.71. The van der Waals surface area contributed by atoms with Crippen LogP contribution < -0.4 is 0 Å². The van der Waals surface area contributed by atoms with Crippen molar-refractivity contribution >= 4 is 5.78 Å². The van der Waals surface area contributed by atoms with E-state index in [1.807, 2.05) is 12.3 Å². The van der Waals surface area contributed by atoms with Crippen LogP contribution >= 0.6 is 0 Å². The van der Waals surface area contributed by atoms with Gasteiger partial charge in [0.25, 0.3) is 0 Å². The molecule has 1 aromatic heterocycles. The van der Waals surface area contributed by atoms with E-state index >= 15 is 0 Å². The van der Waals surface area contributed by atoms with E-state index in [1.165, 1.54) is 12.1 Å². The van der Waals surface area contributed by atoms with Gasteiger partial charge in [-0.05, 0) is 36.6 Å². The molecule has 0 saturated heterocycles. The maximum Gasteiger partial charge on any atom is 0.164 e. The average Bonchev–Trinajstić information content (AvgIpc) is 2.77. The number of carbonyl (C=O) groups excluding carboxylic acids is 1. The van der Waals surface area contributed by atoms with Crippen molar-refractivity contribution in [3.63, 3.8) is 0 Å². The van der Waals surface area contributed by atoms with Crippen molar-refractivity contribution in [2.75, 3.05) is 0 Å². The van der Waals surface area contributed by atoms with Gasteiger partial charge < -0.3 is 4.57 Å². The fourth-order valence-electron chi connectivity index (χ4n) is 2.52. The van der Waals surface area contributed by atoms with Crippen LogP contribution in [0.4, 0.5) is 4.39 Å². The van der Waals surface area contributed by atoms with E-state index in [-0.39, 0.29) is 11.6 Å². The van der Waals surface area contributed by atoms with E-state index in [9.17, 15) is 9.18 Å². The fourth-order valence-corrected chi connectivity index (χ4v) is 2.52. The SMILES string of the molecule is O=C1CCCc2c1ccn2Cc1ccc(F)cc1. The molecule has 3 heteroatoms. The molecule has 1 aromatic carbocycles. The van der Waals surface area contributed by atoms with Crippen molar-refractivity contribution < 1.29 is 9.18 Å². The van der Waals surface area contributed by atoms with Crippen LogP contribution in [0, 0.1) is 5.82 Å². The van der Waals surface area contributed by atoms with Crippen molar-refractivity contribution in [2.45, 2.75) is 25.8 Å². The molecule has 1 aliphatic rings. The molecule has 0 amide bonds. The van der Waals surface area contributed by atoms with Crippen molar-refractivity contribution in [1.82, 2.24) is 4.57 Å². The van der Waals surface area contributed by atoms with Crippen molar-refractivity contribution in [2.24, 2.45) is 0 Å². The predicted molar refractivity (Wildman–Crippen MR) is 67.2 cm³/mol. The van der Waals surface area contributed by atoms with Gasteiger partial charge >= 0.3 is 0 Å². The highest BCUT2D eigenvalue weighted by Crippen LogP contribution is 2.23. The molecule has 0 fully saturated rings. The topological polar surface area (TPSA) is 22.0 Å². The van der Waals surface area contributed by atoms with Gasteiger partial charge in [-0.3, -0.25) is 4.79 Å². The molecule has 0 atom stereocenters. The molecule has 1 aliphatic carbocycles. The first-order chi connectivity index (χ1) is 8.74. The number of rotatable bonds is 2. The summed E-state index contributed by atoms with van der Waals surface area (Å²) < 4.78 is 14.9. The number of nitrogens with zero attached hydrogens (tertiary/aromatic N) is 1. The summed E-state index contributed by atoms with van der Waals surface area (Å²) in [5, 5.41) is 0. The summed E-state index contributed by atoms with van der Waals surface area (Å²) in [4.78, 5) is 11.7. The first-order valence-corrected chi connectivity index (χ1v) is 6.20. The largest absolute Gasteiger partial charge is 0.346 e. The quantitative estimate of drug-likeness (QED) is 0.794. The van der Waals surface area contributed by atoms with E-state index in [1.54, 1.807) is 12.1 Å². The number of hydrogen-bond acceptors (Lipinski definition) is 1. The van der Waals surface area contributed by atoms with Crippen LogP contribution in [0.5, 0.6) is 0 Å². The molecule has 0 aliphatic heterocycles. The van der Waals surface area contributed by atoms with Crippen LogP contribution in [0.2, 0.25) is 0 Å². The molecule has 0 unspecified atom stereocenters. The molecule has 18 heavy (non-hydrogen) atoms. The minimum Gasteiger partial charge on any atom is -0.346 e. The van der Waals surface area contributed by atoms with Crippen LogP contribution in [0.1, 0.15) is 34.5 Å². The summed E-state index contributed by atoms with van der Waals surface area (Å²) >= 11 is 0. The Hall–Kier alpha value is -1.90. The number of hydrogen-bond donors (Lipinski definition) is 0. The highest BCUT2D eigenvalue weighted by molar-refractivity contribution is 5.98.